The largest absolute Gasteiger partial charge is 0.357 e. The maximum Gasteiger partial charge on any atom is 0.237 e. The van der Waals surface area contributed by atoms with Gasteiger partial charge in [0.25, 0.3) is 0 Å². The Labute approximate surface area is 155 Å². The maximum atomic E-state index is 12.5. The third-order valence-electron chi connectivity index (χ3n) is 3.49. The van der Waals surface area contributed by atoms with E-state index in [2.05, 4.69) is 15.6 Å². The van der Waals surface area contributed by atoms with Crippen molar-refractivity contribution < 1.29 is 8.42 Å². The molecule has 1 aliphatic rings. The molecular weight excluding hydrogens is 427 g/mol. The summed E-state index contributed by atoms with van der Waals surface area (Å²) in [5.41, 5.74) is 1.90. The molecule has 0 atom stereocenters. The van der Waals surface area contributed by atoms with Gasteiger partial charge in [-0.15, -0.1) is 24.0 Å². The zero-order chi connectivity index (χ0) is 16.0. The van der Waals surface area contributed by atoms with Gasteiger partial charge >= 0.3 is 0 Å². The molecule has 2 N–H and O–H groups in total. The minimum atomic E-state index is -3.33. The first-order valence-electron chi connectivity index (χ1n) is 7.69. The average molecular weight is 452 g/mol. The van der Waals surface area contributed by atoms with Gasteiger partial charge in [0.2, 0.25) is 10.0 Å². The number of hydrogen-bond acceptors (Lipinski definition) is 3. The van der Waals surface area contributed by atoms with Crippen LogP contribution in [-0.2, 0) is 16.4 Å². The van der Waals surface area contributed by atoms with Gasteiger partial charge in [-0.2, -0.15) is 0 Å². The normalized spacial score (nSPS) is 13.0. The summed E-state index contributed by atoms with van der Waals surface area (Å²) in [5.74, 6) is 0.670. The first-order chi connectivity index (χ1) is 10.6. The monoisotopic (exact) mass is 452 g/mol. The summed E-state index contributed by atoms with van der Waals surface area (Å²) in [6.07, 6.45) is 0.776. The summed E-state index contributed by atoms with van der Waals surface area (Å²) in [6, 6.07) is 7.67. The van der Waals surface area contributed by atoms with Crippen molar-refractivity contribution in [1.82, 2.24) is 10.6 Å². The zero-order valence-corrected chi connectivity index (χ0v) is 16.7. The highest BCUT2D eigenvalue weighted by atomic mass is 127. The molecule has 6 nitrogen and oxygen atoms in total. The Balaban J connectivity index is 0.00000264. The van der Waals surface area contributed by atoms with E-state index in [1.807, 2.05) is 38.1 Å². The van der Waals surface area contributed by atoms with Crippen LogP contribution in [0.5, 0.6) is 0 Å². The van der Waals surface area contributed by atoms with Crippen LogP contribution in [0.1, 0.15) is 19.4 Å². The molecule has 0 amide bonds. The fourth-order valence-electron chi connectivity index (χ4n) is 2.49. The van der Waals surface area contributed by atoms with Gasteiger partial charge in [-0.05, 0) is 31.9 Å². The highest BCUT2D eigenvalue weighted by molar-refractivity contribution is 14.0. The van der Waals surface area contributed by atoms with Crippen LogP contribution in [-0.4, -0.2) is 46.3 Å². The van der Waals surface area contributed by atoms with Gasteiger partial charge in [-0.25, -0.2) is 8.42 Å². The predicted octanol–water partition coefficient (Wildman–Crippen LogP) is 1.57. The van der Waals surface area contributed by atoms with Crippen LogP contribution >= 0.6 is 24.0 Å². The van der Waals surface area contributed by atoms with Crippen molar-refractivity contribution in [3.8, 4) is 0 Å². The molecule has 1 heterocycles. The van der Waals surface area contributed by atoms with Gasteiger partial charge in [-0.1, -0.05) is 18.2 Å². The van der Waals surface area contributed by atoms with Crippen molar-refractivity contribution in [2.75, 3.05) is 36.2 Å². The molecule has 0 unspecified atom stereocenters. The number of nitrogens with one attached hydrogen (secondary N) is 2. The minimum absolute atomic E-state index is 0. The van der Waals surface area contributed by atoms with E-state index in [1.54, 1.807) is 0 Å². The standard InChI is InChI=1S/C15H24N4O2S.HI/c1-3-16-15(17-4-2)18-10-12-22(20,21)19-11-9-13-7-5-6-8-14(13)19;/h5-8H,3-4,9-12H2,1-2H3,(H2,16,17,18);1H. The summed E-state index contributed by atoms with van der Waals surface area (Å²) in [4.78, 5) is 4.30. The van der Waals surface area contributed by atoms with Crippen molar-refractivity contribution in [2.24, 2.45) is 4.99 Å². The minimum Gasteiger partial charge on any atom is -0.357 e. The van der Waals surface area contributed by atoms with Crippen molar-refractivity contribution in [1.29, 1.82) is 0 Å². The Kier molecular flexibility index (Phi) is 8.10. The second-order valence-corrected chi connectivity index (χ2v) is 7.07. The third kappa shape index (κ3) is 5.23. The number of halogens is 1. The van der Waals surface area contributed by atoms with Crippen molar-refractivity contribution >= 4 is 45.6 Å². The summed E-state index contributed by atoms with van der Waals surface area (Å²) in [7, 11) is -3.33. The topological polar surface area (TPSA) is 73.8 Å². The lowest BCUT2D eigenvalue weighted by Gasteiger charge is -2.19. The van der Waals surface area contributed by atoms with Crippen molar-refractivity contribution in [3.05, 3.63) is 29.8 Å². The first kappa shape index (κ1) is 20.0. The van der Waals surface area contributed by atoms with E-state index in [1.165, 1.54) is 4.31 Å². The van der Waals surface area contributed by atoms with Crippen LogP contribution in [0.15, 0.2) is 29.3 Å². The Morgan fingerprint density at radius 3 is 2.52 bits per heavy atom. The number of rotatable bonds is 6. The number of guanidine groups is 1. The Hall–Kier alpha value is -1.03. The molecule has 0 aromatic heterocycles. The second kappa shape index (κ2) is 9.31. The fraction of sp³-hybridized carbons (Fsp3) is 0.533. The molecule has 23 heavy (non-hydrogen) atoms. The molecule has 0 radical (unpaired) electrons. The number of benzene rings is 1. The number of sulfonamides is 1. The molecule has 0 spiro atoms. The van der Waals surface area contributed by atoms with Gasteiger partial charge in [0.1, 0.15) is 0 Å². The van der Waals surface area contributed by atoms with Gasteiger partial charge in [0.05, 0.1) is 18.0 Å². The van der Waals surface area contributed by atoms with Crippen LogP contribution < -0.4 is 14.9 Å². The fourth-order valence-corrected chi connectivity index (χ4v) is 3.88. The lowest BCUT2D eigenvalue weighted by Crippen LogP contribution is -2.38. The van der Waals surface area contributed by atoms with Crippen molar-refractivity contribution in [3.63, 3.8) is 0 Å². The molecule has 0 saturated heterocycles. The van der Waals surface area contributed by atoms with E-state index in [-0.39, 0.29) is 36.3 Å². The molecule has 0 fully saturated rings. The molecule has 1 aromatic carbocycles. The zero-order valence-electron chi connectivity index (χ0n) is 13.6. The number of aliphatic imine (C=N–C) groups is 1. The molecular formula is C15H25IN4O2S. The SMILES string of the molecule is CCNC(=NCCS(=O)(=O)N1CCc2ccccc21)NCC.I. The number of anilines is 1. The van der Waals surface area contributed by atoms with Crippen LogP contribution in [0.2, 0.25) is 0 Å². The summed E-state index contributed by atoms with van der Waals surface area (Å²) < 4.78 is 26.5. The summed E-state index contributed by atoms with van der Waals surface area (Å²) >= 11 is 0. The number of nitrogens with zero attached hydrogens (tertiary/aromatic N) is 2. The van der Waals surface area contributed by atoms with Crippen LogP contribution in [0, 0.1) is 0 Å². The molecule has 1 aliphatic heterocycles. The predicted molar refractivity (Wildman–Crippen MR) is 106 cm³/mol. The van der Waals surface area contributed by atoms with Gasteiger partial charge in [0.15, 0.2) is 5.96 Å². The van der Waals surface area contributed by atoms with Gasteiger partial charge in [0, 0.05) is 19.6 Å². The second-order valence-electron chi connectivity index (χ2n) is 5.06. The van der Waals surface area contributed by atoms with Crippen molar-refractivity contribution in [2.45, 2.75) is 20.3 Å². The number of para-hydroxylation sites is 1. The third-order valence-corrected chi connectivity index (χ3v) is 5.24. The quantitative estimate of drug-likeness (QED) is 0.391. The maximum absolute atomic E-state index is 12.5. The summed E-state index contributed by atoms with van der Waals surface area (Å²) in [6.45, 7) is 6.22. The number of fused-ring (bicyclic) bond motifs is 1. The smallest absolute Gasteiger partial charge is 0.237 e. The van der Waals surface area contributed by atoms with E-state index >= 15 is 0 Å². The van der Waals surface area contributed by atoms with Gasteiger partial charge < -0.3 is 10.6 Å². The van der Waals surface area contributed by atoms with Crippen LogP contribution in [0.25, 0.3) is 0 Å². The Bertz CT molecular complexity index is 626. The van der Waals surface area contributed by atoms with E-state index in [0.717, 1.165) is 30.8 Å². The number of hydrogen-bond donors (Lipinski definition) is 2. The van der Waals surface area contributed by atoms with E-state index in [4.69, 9.17) is 0 Å². The highest BCUT2D eigenvalue weighted by Gasteiger charge is 2.28. The summed E-state index contributed by atoms with van der Waals surface area (Å²) in [5, 5.41) is 6.17. The van der Waals surface area contributed by atoms with E-state index in [0.29, 0.717) is 12.5 Å². The first-order valence-corrected chi connectivity index (χ1v) is 9.30. The molecule has 0 saturated carbocycles. The molecule has 0 aliphatic carbocycles. The molecule has 130 valence electrons. The van der Waals surface area contributed by atoms with E-state index in [9.17, 15) is 8.42 Å². The lowest BCUT2D eigenvalue weighted by molar-refractivity contribution is 0.592. The molecule has 2 rings (SSSR count). The van der Waals surface area contributed by atoms with Crippen LogP contribution in [0.3, 0.4) is 0 Å². The Morgan fingerprint density at radius 2 is 1.87 bits per heavy atom. The molecule has 8 heteroatoms. The van der Waals surface area contributed by atoms with Gasteiger partial charge in [-0.3, -0.25) is 9.30 Å². The van der Waals surface area contributed by atoms with Crippen LogP contribution in [0.4, 0.5) is 5.69 Å². The molecule has 1 aromatic rings. The lowest BCUT2D eigenvalue weighted by atomic mass is 10.2. The highest BCUT2D eigenvalue weighted by Crippen LogP contribution is 2.29. The average Bonchev–Trinajstić information content (AvgIpc) is 2.92. The molecule has 0 bridgehead atoms. The Morgan fingerprint density at radius 1 is 1.22 bits per heavy atom. The van der Waals surface area contributed by atoms with E-state index < -0.39 is 10.0 Å².